The van der Waals surface area contributed by atoms with Crippen LogP contribution in [-0.2, 0) is 18.6 Å². The fourth-order valence-corrected chi connectivity index (χ4v) is 1.58. The molecule has 0 bridgehead atoms. The summed E-state index contributed by atoms with van der Waals surface area (Å²) in [6.07, 6.45) is 0. The molecule has 1 heteroatoms. The van der Waals surface area contributed by atoms with E-state index in [1.165, 1.54) is 11.1 Å². The van der Waals surface area contributed by atoms with Crippen LogP contribution in [0.5, 0.6) is 0 Å². The normalized spacial score (nSPS) is 9.47. The minimum absolute atomic E-state index is 0. The van der Waals surface area contributed by atoms with Crippen molar-refractivity contribution in [3.63, 3.8) is 0 Å². The quantitative estimate of drug-likeness (QED) is 0.658. The zero-order chi connectivity index (χ0) is 9.97. The van der Waals surface area contributed by atoms with Crippen LogP contribution < -0.4 is 0 Å². The maximum absolute atomic E-state index is 3.26. The summed E-state index contributed by atoms with van der Waals surface area (Å²) in [5.41, 5.74) is 4.81. The first-order valence-electron chi connectivity index (χ1n) is 4.74. The Labute approximate surface area is 103 Å². The van der Waals surface area contributed by atoms with Crippen LogP contribution in [0.3, 0.4) is 0 Å². The molecule has 0 aliphatic heterocycles. The van der Waals surface area contributed by atoms with Crippen molar-refractivity contribution < 1.29 is 18.6 Å². The van der Waals surface area contributed by atoms with Crippen LogP contribution >= 0.6 is 0 Å². The Morgan fingerprint density at radius 3 is 1.53 bits per heavy atom. The summed E-state index contributed by atoms with van der Waals surface area (Å²) in [5, 5.41) is 0. The minimum atomic E-state index is 0. The second-order valence-electron chi connectivity index (χ2n) is 3.46. The standard InChI is InChI=1S/C14H12.V/c1-11-7-3-5-9-13(11)14-10-6-4-8-12(14)2;/h3-8H,1-2H3;/q-2;+2. The zero-order valence-electron chi connectivity index (χ0n) is 8.91. The van der Waals surface area contributed by atoms with Crippen LogP contribution in [0.15, 0.2) is 36.4 Å². The van der Waals surface area contributed by atoms with Gasteiger partial charge < -0.3 is 0 Å². The third-order valence-corrected chi connectivity index (χ3v) is 2.38. The van der Waals surface area contributed by atoms with Gasteiger partial charge in [0.1, 0.15) is 0 Å². The molecule has 0 amide bonds. The van der Waals surface area contributed by atoms with Crippen molar-refractivity contribution >= 4 is 0 Å². The van der Waals surface area contributed by atoms with E-state index >= 15 is 0 Å². The Bertz CT molecular complexity index is 403. The van der Waals surface area contributed by atoms with E-state index in [1.54, 1.807) is 0 Å². The molecular formula is C14H12V. The number of aryl methyl sites for hydroxylation is 2. The summed E-state index contributed by atoms with van der Waals surface area (Å²) in [4.78, 5) is 0. The van der Waals surface area contributed by atoms with Gasteiger partial charge in [-0.3, -0.25) is 0 Å². The molecule has 0 unspecified atom stereocenters. The molecule has 0 aliphatic carbocycles. The first-order valence-corrected chi connectivity index (χ1v) is 4.74. The number of rotatable bonds is 1. The summed E-state index contributed by atoms with van der Waals surface area (Å²) >= 11 is 0. The van der Waals surface area contributed by atoms with Gasteiger partial charge >= 0.3 is 18.6 Å². The molecule has 15 heavy (non-hydrogen) atoms. The van der Waals surface area contributed by atoms with Crippen LogP contribution in [0.4, 0.5) is 0 Å². The first-order chi connectivity index (χ1) is 6.79. The predicted molar refractivity (Wildman–Crippen MR) is 59.0 cm³/mol. The molecule has 0 fully saturated rings. The first kappa shape index (κ1) is 12.1. The van der Waals surface area contributed by atoms with Crippen molar-refractivity contribution in [1.82, 2.24) is 0 Å². The molecule has 73 valence electrons. The molecule has 1 radical (unpaired) electrons. The molecule has 0 atom stereocenters. The number of benzene rings is 2. The van der Waals surface area contributed by atoms with Gasteiger partial charge in [0.05, 0.1) is 0 Å². The van der Waals surface area contributed by atoms with Crippen LogP contribution in [0.1, 0.15) is 11.1 Å². The van der Waals surface area contributed by atoms with E-state index in [1.807, 2.05) is 24.3 Å². The summed E-state index contributed by atoms with van der Waals surface area (Å²) in [6, 6.07) is 18.6. The van der Waals surface area contributed by atoms with E-state index in [2.05, 4.69) is 38.1 Å². The Kier molecular flexibility index (Phi) is 4.20. The van der Waals surface area contributed by atoms with Gasteiger partial charge in [0.15, 0.2) is 0 Å². The van der Waals surface area contributed by atoms with Crippen molar-refractivity contribution in [2.45, 2.75) is 13.8 Å². The third-order valence-electron chi connectivity index (χ3n) is 2.38. The maximum Gasteiger partial charge on any atom is 2.00 e. The molecule has 2 aromatic carbocycles. The summed E-state index contributed by atoms with van der Waals surface area (Å²) in [6.45, 7) is 4.21. The van der Waals surface area contributed by atoms with Crippen molar-refractivity contribution in [3.05, 3.63) is 59.7 Å². The fraction of sp³-hybridized carbons (Fsp3) is 0.143. The van der Waals surface area contributed by atoms with E-state index in [4.69, 9.17) is 0 Å². The molecule has 0 nitrogen and oxygen atoms in total. The molecule has 2 rings (SSSR count). The van der Waals surface area contributed by atoms with Crippen LogP contribution in [-0.4, -0.2) is 0 Å². The Hall–Kier alpha value is -0.976. The molecule has 0 aromatic heterocycles. The molecule has 0 spiro atoms. The Morgan fingerprint density at radius 1 is 0.800 bits per heavy atom. The summed E-state index contributed by atoms with van der Waals surface area (Å²) in [5.74, 6) is 0. The van der Waals surface area contributed by atoms with Gasteiger partial charge in [0.2, 0.25) is 0 Å². The second kappa shape index (κ2) is 5.20. The van der Waals surface area contributed by atoms with Crippen LogP contribution in [0, 0.1) is 26.0 Å². The third kappa shape index (κ3) is 2.53. The van der Waals surface area contributed by atoms with E-state index < -0.39 is 0 Å². The Morgan fingerprint density at radius 2 is 1.20 bits per heavy atom. The molecule has 0 saturated carbocycles. The molecular weight excluding hydrogens is 219 g/mol. The topological polar surface area (TPSA) is 0 Å². The molecule has 2 aromatic rings. The van der Waals surface area contributed by atoms with E-state index in [0.29, 0.717) is 0 Å². The monoisotopic (exact) mass is 231 g/mol. The van der Waals surface area contributed by atoms with Gasteiger partial charge in [-0.25, -0.2) is 11.1 Å². The fourth-order valence-electron chi connectivity index (χ4n) is 1.58. The number of hydrogen-bond donors (Lipinski definition) is 0. The maximum atomic E-state index is 3.26. The van der Waals surface area contributed by atoms with Gasteiger partial charge in [-0.2, -0.15) is 47.5 Å². The summed E-state index contributed by atoms with van der Waals surface area (Å²) < 4.78 is 0. The SMILES string of the molecule is Cc1ccc[c-]c1-c1[c-]cccc1C.[V+2]. The average molecular weight is 231 g/mol. The number of hydrogen-bond acceptors (Lipinski definition) is 0. The predicted octanol–water partition coefficient (Wildman–Crippen LogP) is 3.57. The zero-order valence-corrected chi connectivity index (χ0v) is 10.3. The van der Waals surface area contributed by atoms with Gasteiger partial charge in [0, 0.05) is 0 Å². The van der Waals surface area contributed by atoms with Crippen molar-refractivity contribution in [3.8, 4) is 11.1 Å². The smallest absolute Gasteiger partial charge is 0.223 e. The van der Waals surface area contributed by atoms with Gasteiger partial charge in [-0.05, 0) is 0 Å². The van der Waals surface area contributed by atoms with Crippen molar-refractivity contribution in [2.75, 3.05) is 0 Å². The molecule has 0 saturated heterocycles. The van der Waals surface area contributed by atoms with Crippen LogP contribution in [0.2, 0.25) is 0 Å². The van der Waals surface area contributed by atoms with Crippen LogP contribution in [0.25, 0.3) is 11.1 Å². The second-order valence-corrected chi connectivity index (χ2v) is 3.46. The van der Waals surface area contributed by atoms with Gasteiger partial charge in [-0.1, -0.05) is 13.8 Å². The Balaban J connectivity index is 0.00000112. The van der Waals surface area contributed by atoms with E-state index in [-0.39, 0.29) is 18.6 Å². The van der Waals surface area contributed by atoms with Crippen molar-refractivity contribution in [1.29, 1.82) is 0 Å². The van der Waals surface area contributed by atoms with Crippen molar-refractivity contribution in [2.24, 2.45) is 0 Å². The largest absolute Gasteiger partial charge is 2.00 e. The minimum Gasteiger partial charge on any atom is -0.223 e. The molecule has 0 N–H and O–H groups in total. The van der Waals surface area contributed by atoms with E-state index in [9.17, 15) is 0 Å². The summed E-state index contributed by atoms with van der Waals surface area (Å²) in [7, 11) is 0. The molecule has 0 aliphatic rings. The average Bonchev–Trinajstić information content (AvgIpc) is 2.20. The molecule has 0 heterocycles. The van der Waals surface area contributed by atoms with Gasteiger partial charge in [-0.15, -0.1) is 12.1 Å². The van der Waals surface area contributed by atoms with Gasteiger partial charge in [0.25, 0.3) is 0 Å². The van der Waals surface area contributed by atoms with E-state index in [0.717, 1.165) is 11.1 Å².